The number of aryl methyl sites for hydroxylation is 1. The number of benzene rings is 2. The van der Waals surface area contributed by atoms with Gasteiger partial charge >= 0.3 is 11.8 Å². The quantitative estimate of drug-likeness (QED) is 0.502. The summed E-state index contributed by atoms with van der Waals surface area (Å²) in [5.74, 6) is -1.47. The van der Waals surface area contributed by atoms with Gasteiger partial charge in [-0.3, -0.25) is 9.59 Å². The van der Waals surface area contributed by atoms with Crippen molar-refractivity contribution < 1.29 is 9.59 Å². The molecule has 0 fully saturated rings. The Morgan fingerprint density at radius 2 is 1.70 bits per heavy atom. The minimum absolute atomic E-state index is 0.401. The third-order valence-electron chi connectivity index (χ3n) is 3.21. The molecule has 0 saturated heterocycles. The molecule has 0 bridgehead atoms. The van der Waals surface area contributed by atoms with Crippen LogP contribution in [0.3, 0.4) is 0 Å². The van der Waals surface area contributed by atoms with Crippen molar-refractivity contribution in [3.8, 4) is 0 Å². The second-order valence-corrected chi connectivity index (χ2v) is 5.10. The van der Waals surface area contributed by atoms with Crippen molar-refractivity contribution in [2.24, 2.45) is 5.10 Å². The van der Waals surface area contributed by atoms with Crippen molar-refractivity contribution in [3.05, 3.63) is 71.3 Å². The van der Waals surface area contributed by atoms with Crippen molar-refractivity contribution in [3.63, 3.8) is 0 Å². The lowest BCUT2D eigenvalue weighted by Crippen LogP contribution is -2.38. The van der Waals surface area contributed by atoms with Crippen LogP contribution in [0.1, 0.15) is 16.7 Å². The van der Waals surface area contributed by atoms with Crippen molar-refractivity contribution in [1.82, 2.24) is 10.7 Å². The Hall–Kier alpha value is -2.95. The molecule has 2 amide bonds. The number of amides is 2. The number of hydrogen-bond donors (Lipinski definition) is 2. The first-order valence-corrected chi connectivity index (χ1v) is 7.37. The Morgan fingerprint density at radius 3 is 2.39 bits per heavy atom. The molecule has 0 heterocycles. The number of hydrogen-bond acceptors (Lipinski definition) is 3. The monoisotopic (exact) mass is 309 g/mol. The molecule has 0 aliphatic heterocycles. The van der Waals surface area contributed by atoms with Crippen LogP contribution >= 0.6 is 0 Å². The molecule has 2 N–H and O–H groups in total. The lowest BCUT2D eigenvalue weighted by Gasteiger charge is -2.04. The van der Waals surface area contributed by atoms with Crippen molar-refractivity contribution in [2.45, 2.75) is 13.3 Å². The van der Waals surface area contributed by atoms with E-state index in [2.05, 4.69) is 15.8 Å². The maximum Gasteiger partial charge on any atom is 0.329 e. The van der Waals surface area contributed by atoms with E-state index in [1.165, 1.54) is 6.21 Å². The summed E-state index contributed by atoms with van der Waals surface area (Å²) >= 11 is 0. The summed E-state index contributed by atoms with van der Waals surface area (Å²) in [5.41, 5.74) is 5.31. The van der Waals surface area contributed by atoms with Crippen LogP contribution in [0.15, 0.2) is 59.7 Å². The summed E-state index contributed by atoms with van der Waals surface area (Å²) in [6.07, 6.45) is 2.17. The third-order valence-corrected chi connectivity index (χ3v) is 3.21. The summed E-state index contributed by atoms with van der Waals surface area (Å²) in [7, 11) is 0. The summed E-state index contributed by atoms with van der Waals surface area (Å²) in [6, 6.07) is 17.4. The molecular weight excluding hydrogens is 290 g/mol. The van der Waals surface area contributed by atoms with Crippen molar-refractivity contribution >= 4 is 18.0 Å². The van der Waals surface area contributed by atoms with Gasteiger partial charge in [-0.05, 0) is 24.5 Å². The first kappa shape index (κ1) is 16.4. The fourth-order valence-electron chi connectivity index (χ4n) is 1.91. The zero-order valence-corrected chi connectivity index (χ0v) is 13.0. The molecule has 0 aromatic heterocycles. The van der Waals surface area contributed by atoms with Crippen LogP contribution in [0.2, 0.25) is 0 Å². The normalized spacial score (nSPS) is 10.5. The zero-order valence-electron chi connectivity index (χ0n) is 13.0. The van der Waals surface area contributed by atoms with Gasteiger partial charge < -0.3 is 5.32 Å². The smallest absolute Gasteiger partial charge is 0.329 e. The topological polar surface area (TPSA) is 70.6 Å². The Kier molecular flexibility index (Phi) is 6.06. The maximum absolute atomic E-state index is 11.6. The number of nitrogens with zero attached hydrogens (tertiary/aromatic N) is 1. The zero-order chi connectivity index (χ0) is 16.5. The highest BCUT2D eigenvalue weighted by Gasteiger charge is 2.11. The Morgan fingerprint density at radius 1 is 1.00 bits per heavy atom. The van der Waals surface area contributed by atoms with Gasteiger partial charge in [-0.25, -0.2) is 5.43 Å². The van der Waals surface area contributed by atoms with Gasteiger partial charge in [0.25, 0.3) is 0 Å². The van der Waals surface area contributed by atoms with Crippen LogP contribution in [0.25, 0.3) is 0 Å². The molecule has 0 unspecified atom stereocenters. The van der Waals surface area contributed by atoms with Crippen LogP contribution in [-0.2, 0) is 16.0 Å². The molecule has 0 atom stereocenters. The molecule has 0 aliphatic rings. The first-order chi connectivity index (χ1) is 11.1. The van der Waals surface area contributed by atoms with Gasteiger partial charge in [-0.2, -0.15) is 5.10 Å². The molecule has 5 heteroatoms. The Bertz CT molecular complexity index is 679. The minimum atomic E-state index is -0.776. The van der Waals surface area contributed by atoms with Crippen LogP contribution in [0, 0.1) is 6.92 Å². The molecule has 0 aliphatic carbocycles. The number of rotatable bonds is 5. The van der Waals surface area contributed by atoms with Gasteiger partial charge in [0.1, 0.15) is 0 Å². The molecule has 0 spiro atoms. The van der Waals surface area contributed by atoms with Gasteiger partial charge in [-0.15, -0.1) is 0 Å². The van der Waals surface area contributed by atoms with Crippen molar-refractivity contribution in [1.29, 1.82) is 0 Å². The predicted octanol–water partition coefficient (Wildman–Crippen LogP) is 1.80. The molecule has 2 aromatic rings. The standard InChI is InChI=1S/C18H19N3O2/c1-14-7-9-16(10-8-14)13-20-21-18(23)17(22)19-12-11-15-5-3-2-4-6-15/h2-10,13H,11-12H2,1H3,(H,19,22)(H,21,23)/b20-13+. The lowest BCUT2D eigenvalue weighted by atomic mass is 10.1. The molecular formula is C18H19N3O2. The number of nitrogens with one attached hydrogen (secondary N) is 2. The predicted molar refractivity (Wildman–Crippen MR) is 90.1 cm³/mol. The lowest BCUT2D eigenvalue weighted by molar-refractivity contribution is -0.139. The van der Waals surface area contributed by atoms with E-state index in [1.54, 1.807) is 0 Å². The molecule has 118 valence electrons. The summed E-state index contributed by atoms with van der Waals surface area (Å²) in [5, 5.41) is 6.34. The molecule has 2 rings (SSSR count). The van der Waals surface area contributed by atoms with E-state index in [9.17, 15) is 9.59 Å². The SMILES string of the molecule is Cc1ccc(/C=N/NC(=O)C(=O)NCCc2ccccc2)cc1. The van der Waals surface area contributed by atoms with E-state index in [0.29, 0.717) is 13.0 Å². The van der Waals surface area contributed by atoms with E-state index < -0.39 is 11.8 Å². The van der Waals surface area contributed by atoms with E-state index in [4.69, 9.17) is 0 Å². The van der Waals surface area contributed by atoms with E-state index in [1.807, 2.05) is 61.5 Å². The molecule has 23 heavy (non-hydrogen) atoms. The van der Waals surface area contributed by atoms with Gasteiger partial charge in [-0.1, -0.05) is 60.2 Å². The first-order valence-electron chi connectivity index (χ1n) is 7.37. The van der Waals surface area contributed by atoms with Crippen LogP contribution in [0.5, 0.6) is 0 Å². The fourth-order valence-corrected chi connectivity index (χ4v) is 1.91. The van der Waals surface area contributed by atoms with Gasteiger partial charge in [0.05, 0.1) is 6.21 Å². The number of hydrazone groups is 1. The van der Waals surface area contributed by atoms with E-state index in [-0.39, 0.29) is 0 Å². The Balaban J connectivity index is 1.72. The number of carbonyl (C=O) groups excluding carboxylic acids is 2. The van der Waals surface area contributed by atoms with Crippen LogP contribution in [-0.4, -0.2) is 24.6 Å². The van der Waals surface area contributed by atoms with Gasteiger partial charge in [0.2, 0.25) is 0 Å². The average Bonchev–Trinajstić information content (AvgIpc) is 2.57. The summed E-state index contributed by atoms with van der Waals surface area (Å²) < 4.78 is 0. The van der Waals surface area contributed by atoms with E-state index >= 15 is 0 Å². The molecule has 2 aromatic carbocycles. The van der Waals surface area contributed by atoms with Gasteiger partial charge in [0, 0.05) is 6.54 Å². The van der Waals surface area contributed by atoms with E-state index in [0.717, 1.165) is 16.7 Å². The molecule has 5 nitrogen and oxygen atoms in total. The highest BCUT2D eigenvalue weighted by molar-refractivity contribution is 6.35. The van der Waals surface area contributed by atoms with Crippen LogP contribution in [0.4, 0.5) is 0 Å². The Labute approximate surface area is 135 Å². The second-order valence-electron chi connectivity index (χ2n) is 5.10. The minimum Gasteiger partial charge on any atom is -0.347 e. The largest absolute Gasteiger partial charge is 0.347 e. The number of carbonyl (C=O) groups is 2. The second kappa shape index (κ2) is 8.48. The van der Waals surface area contributed by atoms with Crippen molar-refractivity contribution in [2.75, 3.05) is 6.54 Å². The highest BCUT2D eigenvalue weighted by atomic mass is 16.2. The maximum atomic E-state index is 11.6. The van der Waals surface area contributed by atoms with Crippen LogP contribution < -0.4 is 10.7 Å². The summed E-state index contributed by atoms with van der Waals surface area (Å²) in [6.45, 7) is 2.39. The van der Waals surface area contributed by atoms with Gasteiger partial charge in [0.15, 0.2) is 0 Å². The summed E-state index contributed by atoms with van der Waals surface area (Å²) in [4.78, 5) is 23.2. The molecule has 0 radical (unpaired) electrons. The molecule has 0 saturated carbocycles. The third kappa shape index (κ3) is 5.74. The average molecular weight is 309 g/mol. The fraction of sp³-hybridized carbons (Fsp3) is 0.167. The highest BCUT2D eigenvalue weighted by Crippen LogP contribution is 2.00.